The average Bonchev–Trinajstić information content (AvgIpc) is 2.37. The summed E-state index contributed by atoms with van der Waals surface area (Å²) < 4.78 is 0. The van der Waals surface area contributed by atoms with Gasteiger partial charge in [0.25, 0.3) is 0 Å². The third-order valence-corrected chi connectivity index (χ3v) is 4.17. The molecule has 1 aliphatic carbocycles. The van der Waals surface area contributed by atoms with E-state index < -0.39 is 0 Å². The Morgan fingerprint density at radius 3 is 2.74 bits per heavy atom. The van der Waals surface area contributed by atoms with Crippen molar-refractivity contribution in [3.8, 4) is 0 Å². The number of hydrogen-bond donors (Lipinski definition) is 2. The number of urea groups is 1. The van der Waals surface area contributed by atoms with Crippen LogP contribution in [0.2, 0.25) is 10.0 Å². The van der Waals surface area contributed by atoms with Crippen LogP contribution < -0.4 is 10.6 Å². The standard InChI is InChI=1S/C14H18Cl2N2O/c1-9-4-2-3-5-12(9)17-14(19)18-13-8-10(15)6-7-11(13)16/h6-9,12H,2-5H2,1H3,(H2,17,18,19). The van der Waals surface area contributed by atoms with Crippen LogP contribution in [0.15, 0.2) is 18.2 Å². The van der Waals surface area contributed by atoms with Crippen molar-refractivity contribution in [1.82, 2.24) is 5.32 Å². The second kappa shape index (κ2) is 6.49. The smallest absolute Gasteiger partial charge is 0.319 e. The number of amides is 2. The highest BCUT2D eigenvalue weighted by atomic mass is 35.5. The van der Waals surface area contributed by atoms with E-state index in [1.54, 1.807) is 18.2 Å². The third kappa shape index (κ3) is 4.02. The van der Waals surface area contributed by atoms with Crippen molar-refractivity contribution in [2.45, 2.75) is 38.6 Å². The molecule has 0 heterocycles. The molecule has 0 radical (unpaired) electrons. The molecule has 1 fully saturated rings. The highest BCUT2D eigenvalue weighted by molar-refractivity contribution is 6.35. The van der Waals surface area contributed by atoms with E-state index in [2.05, 4.69) is 17.6 Å². The van der Waals surface area contributed by atoms with Crippen molar-refractivity contribution >= 4 is 34.9 Å². The second-order valence-corrected chi connectivity index (χ2v) is 5.93. The molecule has 0 aromatic heterocycles. The molecule has 2 N–H and O–H groups in total. The van der Waals surface area contributed by atoms with E-state index in [-0.39, 0.29) is 12.1 Å². The molecule has 2 rings (SSSR count). The molecule has 1 aliphatic rings. The van der Waals surface area contributed by atoms with E-state index in [0.717, 1.165) is 6.42 Å². The molecule has 104 valence electrons. The van der Waals surface area contributed by atoms with Crippen LogP contribution in [0.4, 0.5) is 10.5 Å². The maximum atomic E-state index is 12.0. The minimum Gasteiger partial charge on any atom is -0.335 e. The molecule has 19 heavy (non-hydrogen) atoms. The van der Waals surface area contributed by atoms with Gasteiger partial charge in [-0.05, 0) is 37.0 Å². The van der Waals surface area contributed by atoms with Gasteiger partial charge in [-0.3, -0.25) is 0 Å². The van der Waals surface area contributed by atoms with Crippen LogP contribution in [-0.4, -0.2) is 12.1 Å². The second-order valence-electron chi connectivity index (χ2n) is 5.09. The number of hydrogen-bond acceptors (Lipinski definition) is 1. The van der Waals surface area contributed by atoms with Gasteiger partial charge >= 0.3 is 6.03 Å². The van der Waals surface area contributed by atoms with Gasteiger partial charge in [0.05, 0.1) is 10.7 Å². The fourth-order valence-electron chi connectivity index (χ4n) is 2.45. The van der Waals surface area contributed by atoms with Gasteiger partial charge in [-0.1, -0.05) is 43.0 Å². The largest absolute Gasteiger partial charge is 0.335 e. The SMILES string of the molecule is CC1CCCCC1NC(=O)Nc1cc(Cl)ccc1Cl. The maximum Gasteiger partial charge on any atom is 0.319 e. The van der Waals surface area contributed by atoms with E-state index in [0.29, 0.717) is 21.7 Å². The monoisotopic (exact) mass is 300 g/mol. The zero-order valence-corrected chi connectivity index (χ0v) is 12.4. The minimum absolute atomic E-state index is 0.220. The fraction of sp³-hybridized carbons (Fsp3) is 0.500. The quantitative estimate of drug-likeness (QED) is 0.817. The van der Waals surface area contributed by atoms with Crippen molar-refractivity contribution in [3.63, 3.8) is 0 Å². The molecule has 1 aromatic carbocycles. The summed E-state index contributed by atoms with van der Waals surface area (Å²) >= 11 is 11.9. The van der Waals surface area contributed by atoms with Gasteiger partial charge in [0.1, 0.15) is 0 Å². The molecule has 0 aliphatic heterocycles. The first-order valence-electron chi connectivity index (χ1n) is 6.59. The van der Waals surface area contributed by atoms with Crippen molar-refractivity contribution < 1.29 is 4.79 Å². The first kappa shape index (κ1) is 14.5. The van der Waals surface area contributed by atoms with Gasteiger partial charge in [0, 0.05) is 11.1 Å². The van der Waals surface area contributed by atoms with Crippen molar-refractivity contribution in [1.29, 1.82) is 0 Å². The van der Waals surface area contributed by atoms with Crippen LogP contribution in [0.5, 0.6) is 0 Å². The van der Waals surface area contributed by atoms with Crippen LogP contribution in [0.25, 0.3) is 0 Å². The number of halogens is 2. The van der Waals surface area contributed by atoms with Crippen LogP contribution in [0.1, 0.15) is 32.6 Å². The molecule has 0 bridgehead atoms. The Morgan fingerprint density at radius 1 is 1.26 bits per heavy atom. The first-order chi connectivity index (χ1) is 9.06. The summed E-state index contributed by atoms with van der Waals surface area (Å²) in [5.74, 6) is 0.523. The van der Waals surface area contributed by atoms with E-state index in [9.17, 15) is 4.79 Å². The van der Waals surface area contributed by atoms with Gasteiger partial charge in [-0.2, -0.15) is 0 Å². The lowest BCUT2D eigenvalue weighted by molar-refractivity contribution is 0.232. The number of rotatable bonds is 2. The molecular weight excluding hydrogens is 283 g/mol. The Bertz CT molecular complexity index is 465. The zero-order chi connectivity index (χ0) is 13.8. The summed E-state index contributed by atoms with van der Waals surface area (Å²) in [6.07, 6.45) is 4.63. The summed E-state index contributed by atoms with van der Waals surface area (Å²) in [7, 11) is 0. The third-order valence-electron chi connectivity index (χ3n) is 3.60. The molecule has 2 unspecified atom stereocenters. The Morgan fingerprint density at radius 2 is 2.00 bits per heavy atom. The lowest BCUT2D eigenvalue weighted by Gasteiger charge is -2.29. The van der Waals surface area contributed by atoms with Gasteiger partial charge in [-0.25, -0.2) is 4.79 Å². The van der Waals surface area contributed by atoms with Crippen molar-refractivity contribution in [2.24, 2.45) is 5.92 Å². The molecule has 3 nitrogen and oxygen atoms in total. The van der Waals surface area contributed by atoms with E-state index in [1.807, 2.05) is 0 Å². The topological polar surface area (TPSA) is 41.1 Å². The number of anilines is 1. The van der Waals surface area contributed by atoms with Gasteiger partial charge < -0.3 is 10.6 Å². The average molecular weight is 301 g/mol. The summed E-state index contributed by atoms with van der Waals surface area (Å²) in [6, 6.07) is 5.03. The summed E-state index contributed by atoms with van der Waals surface area (Å²) in [6.45, 7) is 2.18. The predicted molar refractivity (Wildman–Crippen MR) is 80.0 cm³/mol. The molecule has 0 saturated heterocycles. The summed E-state index contributed by atoms with van der Waals surface area (Å²) in [4.78, 5) is 12.0. The molecular formula is C14H18Cl2N2O. The molecule has 1 aromatic rings. The first-order valence-corrected chi connectivity index (χ1v) is 7.34. The van der Waals surface area contributed by atoms with Gasteiger partial charge in [-0.15, -0.1) is 0 Å². The maximum absolute atomic E-state index is 12.0. The number of carbonyl (C=O) groups excluding carboxylic acids is 1. The molecule has 5 heteroatoms. The molecule has 2 amide bonds. The van der Waals surface area contributed by atoms with Crippen LogP contribution in [0, 0.1) is 5.92 Å². The van der Waals surface area contributed by atoms with Crippen LogP contribution >= 0.6 is 23.2 Å². The van der Waals surface area contributed by atoms with E-state index >= 15 is 0 Å². The van der Waals surface area contributed by atoms with Crippen LogP contribution in [0.3, 0.4) is 0 Å². The summed E-state index contributed by atoms with van der Waals surface area (Å²) in [5.41, 5.74) is 0.537. The van der Waals surface area contributed by atoms with Gasteiger partial charge in [0.15, 0.2) is 0 Å². The lowest BCUT2D eigenvalue weighted by Crippen LogP contribution is -2.43. The Balaban J connectivity index is 1.95. The highest BCUT2D eigenvalue weighted by Crippen LogP contribution is 2.26. The minimum atomic E-state index is -0.220. The molecule has 1 saturated carbocycles. The number of benzene rings is 1. The van der Waals surface area contributed by atoms with Crippen molar-refractivity contribution in [2.75, 3.05) is 5.32 Å². The Labute approximate surface area is 123 Å². The normalized spacial score (nSPS) is 22.9. The zero-order valence-electron chi connectivity index (χ0n) is 10.9. The molecule has 0 spiro atoms. The van der Waals surface area contributed by atoms with E-state index in [1.165, 1.54) is 19.3 Å². The predicted octanol–water partition coefficient (Wildman–Crippen LogP) is 4.69. The van der Waals surface area contributed by atoms with Crippen molar-refractivity contribution in [3.05, 3.63) is 28.2 Å². The lowest BCUT2D eigenvalue weighted by atomic mass is 9.86. The van der Waals surface area contributed by atoms with Gasteiger partial charge in [0.2, 0.25) is 0 Å². The molecule has 2 atom stereocenters. The Hall–Kier alpha value is -0.930. The van der Waals surface area contributed by atoms with Crippen LogP contribution in [-0.2, 0) is 0 Å². The van der Waals surface area contributed by atoms with E-state index in [4.69, 9.17) is 23.2 Å². The number of carbonyl (C=O) groups is 1. The fourth-order valence-corrected chi connectivity index (χ4v) is 2.79. The highest BCUT2D eigenvalue weighted by Gasteiger charge is 2.22. The number of nitrogens with one attached hydrogen (secondary N) is 2. The summed E-state index contributed by atoms with van der Waals surface area (Å²) in [5, 5.41) is 6.79. The Kier molecular flexibility index (Phi) is 4.94.